The van der Waals surface area contributed by atoms with Crippen LogP contribution in [0.1, 0.15) is 236 Å². The Bertz CT molecular complexity index is 6090. The van der Waals surface area contributed by atoms with Gasteiger partial charge < -0.3 is 28.8 Å². The van der Waals surface area contributed by atoms with Crippen molar-refractivity contribution in [3.63, 3.8) is 0 Å². The molecule has 32 heteroatoms. The molecular formula is C95H124BrN9O15S6Sn. The number of thiophene rings is 3. The van der Waals surface area contributed by atoms with Crippen LogP contribution in [-0.2, 0) is 74.3 Å². The summed E-state index contributed by atoms with van der Waals surface area (Å²) in [5.41, 5.74) is -5.11. The summed E-state index contributed by atoms with van der Waals surface area (Å²) in [6.07, 6.45) is 12.1. The van der Waals surface area contributed by atoms with E-state index in [2.05, 4.69) is 52.0 Å². The van der Waals surface area contributed by atoms with Gasteiger partial charge in [0.15, 0.2) is 0 Å². The fraction of sp³-hybridized carbons (Fsp3) is 0.495. The number of carboxylic acids is 1. The van der Waals surface area contributed by atoms with Crippen LogP contribution in [0, 0.1) is 20.8 Å². The number of unbranched alkanes of at least 4 members (excludes halogenated alkanes) is 3. The van der Waals surface area contributed by atoms with E-state index in [0.717, 1.165) is 65.1 Å². The van der Waals surface area contributed by atoms with Crippen molar-refractivity contribution in [2.24, 2.45) is 0 Å². The van der Waals surface area contributed by atoms with Crippen molar-refractivity contribution in [1.82, 2.24) is 42.4 Å². The van der Waals surface area contributed by atoms with Crippen molar-refractivity contribution < 1.29 is 43.2 Å². The number of carbonyl (C=O) groups excluding carboxylic acids is 2. The first-order valence-electron chi connectivity index (χ1n) is 43.2. The van der Waals surface area contributed by atoms with Crippen LogP contribution in [0.2, 0.25) is 13.3 Å². The molecule has 9 heterocycles. The molecule has 0 spiro atoms. The second-order valence-corrected chi connectivity index (χ2v) is 57.1. The molecule has 9 aromatic heterocycles. The minimum absolute atomic E-state index is 0.0904. The third kappa shape index (κ3) is 24.2. The maximum atomic E-state index is 14.2. The molecule has 0 saturated carbocycles. The van der Waals surface area contributed by atoms with Crippen molar-refractivity contribution >= 4 is 154 Å². The van der Waals surface area contributed by atoms with E-state index < -0.39 is 116 Å². The third-order valence-electron chi connectivity index (χ3n) is 21.6. The topological polar surface area (TPSA) is 288 Å². The Labute approximate surface area is 780 Å². The summed E-state index contributed by atoms with van der Waals surface area (Å²) in [4.78, 5) is 139. The number of rotatable bonds is 33. The molecule has 3 atom stereocenters. The van der Waals surface area contributed by atoms with Crippen LogP contribution < -0.4 is 36.8 Å². The number of esters is 2. The Morgan fingerprint density at radius 2 is 0.732 bits per heavy atom. The average Bonchev–Trinajstić information content (AvgIpc) is 1.58. The molecule has 0 aliphatic carbocycles. The number of aromatic nitrogens is 9. The summed E-state index contributed by atoms with van der Waals surface area (Å²) >= 11 is 10.3. The molecular weight excluding hydrogens is 1900 g/mol. The Hall–Kier alpha value is -7.96. The zero-order chi connectivity index (χ0) is 93.8. The molecule has 0 radical (unpaired) electrons. The van der Waals surface area contributed by atoms with Gasteiger partial charge in [0, 0.05) is 23.2 Å². The summed E-state index contributed by atoms with van der Waals surface area (Å²) in [5, 5.41) is 18.4. The van der Waals surface area contributed by atoms with Crippen LogP contribution in [0.3, 0.4) is 0 Å². The number of fused-ring (bicyclic) bond motifs is 3. The number of benzene rings is 3. The molecule has 1 N–H and O–H groups in total. The molecule has 0 fully saturated rings. The maximum absolute atomic E-state index is 14.2. The van der Waals surface area contributed by atoms with Gasteiger partial charge in [-0.05, 0) is 195 Å². The molecule has 24 nitrogen and oxygen atoms in total. The van der Waals surface area contributed by atoms with E-state index >= 15 is 0 Å². The number of hydrogen-bond acceptors (Lipinski definition) is 23. The minimum Gasteiger partial charge on any atom is -0.480 e. The number of carboxylic acid groups (broad SMARTS) is 1. The van der Waals surface area contributed by atoms with E-state index in [1.54, 1.807) is 93.3 Å². The SMILES string of the molecule is CCC[CH2][Sn]([CH2]CCC)([CH2]CCC)[c]1nccs1.Cc1c(-c2nccs2)sc2c1c(=O)n(C(C)(C)C(=O)O)c(=O)n2C[C@H](OC(C)C)c1ccccc1.Cc1c(-c2nccs2)sc2c1c(=O)n(C(C)(C)C(=O)OC(C)(C)C)c(=O)n2C[C@H](OC(C)C)c1ccccc1.Cc1c(Br)sc2c1c(=O)n(C(C)(C)C(=O)OC(C)(C)C)c(=O)n2C[C@H](OC(C)C)c1ccccc1. The van der Waals surface area contributed by atoms with Gasteiger partial charge in [-0.3, -0.25) is 28.1 Å². The van der Waals surface area contributed by atoms with E-state index in [-0.39, 0.29) is 37.9 Å². The van der Waals surface area contributed by atoms with Crippen LogP contribution in [0.5, 0.6) is 0 Å². The van der Waals surface area contributed by atoms with Crippen LogP contribution in [0.4, 0.5) is 0 Å². The first-order chi connectivity index (χ1) is 59.7. The van der Waals surface area contributed by atoms with Crippen molar-refractivity contribution in [2.45, 2.75) is 302 Å². The van der Waals surface area contributed by atoms with E-state index in [9.17, 15) is 48.3 Å². The molecule has 0 amide bonds. The van der Waals surface area contributed by atoms with Gasteiger partial charge in [-0.15, -0.1) is 56.7 Å². The number of aryl methyl sites for hydroxylation is 3. The quantitative estimate of drug-likeness (QED) is 0.0295. The summed E-state index contributed by atoms with van der Waals surface area (Å²) in [6.45, 7) is 43.9. The molecule has 0 saturated heterocycles. The van der Waals surface area contributed by atoms with Gasteiger partial charge >= 0.3 is 157 Å². The largest absolute Gasteiger partial charge is 0.480 e. The van der Waals surface area contributed by atoms with Gasteiger partial charge in [0.05, 0.1) is 67.6 Å². The van der Waals surface area contributed by atoms with Gasteiger partial charge in [-0.2, -0.15) is 0 Å². The summed E-state index contributed by atoms with van der Waals surface area (Å²) in [7, 11) is 0. The molecule has 127 heavy (non-hydrogen) atoms. The Morgan fingerprint density at radius 3 is 1.01 bits per heavy atom. The van der Waals surface area contributed by atoms with Gasteiger partial charge in [0.2, 0.25) is 0 Å². The van der Waals surface area contributed by atoms with Gasteiger partial charge in [0.25, 0.3) is 16.7 Å². The number of carbonyl (C=O) groups is 3. The molecule has 3 aromatic carbocycles. The van der Waals surface area contributed by atoms with E-state index in [4.69, 9.17) is 28.7 Å². The Kier molecular flexibility index (Phi) is 35.5. The minimum atomic E-state index is -2.12. The molecule has 686 valence electrons. The normalized spacial score (nSPS) is 13.0. The molecule has 0 aliphatic heterocycles. The maximum Gasteiger partial charge on any atom is 0.333 e. The van der Waals surface area contributed by atoms with Crippen molar-refractivity contribution in [3.8, 4) is 19.8 Å². The summed E-state index contributed by atoms with van der Waals surface area (Å²) < 4.78 is 44.4. The summed E-state index contributed by atoms with van der Waals surface area (Å²) in [6, 6.07) is 28.9. The first kappa shape index (κ1) is 103. The van der Waals surface area contributed by atoms with E-state index in [0.29, 0.717) is 36.2 Å². The zero-order valence-electron chi connectivity index (χ0n) is 77.6. The molecule has 0 bridgehead atoms. The number of aliphatic carboxylic acids is 1. The summed E-state index contributed by atoms with van der Waals surface area (Å²) in [5.74, 6) is -2.58. The van der Waals surface area contributed by atoms with Gasteiger partial charge in [-0.25, -0.2) is 52.4 Å². The van der Waals surface area contributed by atoms with Crippen LogP contribution in [0.25, 0.3) is 50.4 Å². The third-order valence-corrected chi connectivity index (χ3v) is 47.0. The zero-order valence-corrected chi connectivity index (χ0v) is 86.9. The number of ether oxygens (including phenoxy) is 5. The molecule has 0 unspecified atom stereocenters. The Morgan fingerprint density at radius 1 is 0.433 bits per heavy atom. The van der Waals surface area contributed by atoms with Crippen LogP contribution >= 0.6 is 84.0 Å². The molecule has 12 aromatic rings. The van der Waals surface area contributed by atoms with Gasteiger partial charge in [0.1, 0.15) is 70.6 Å². The monoisotopic (exact) mass is 2020 g/mol. The Balaban J connectivity index is 0.000000197. The second kappa shape index (κ2) is 43.8. The van der Waals surface area contributed by atoms with Crippen LogP contribution in [-0.4, -0.2) is 113 Å². The number of halogens is 1. The smallest absolute Gasteiger partial charge is 0.333 e. The fourth-order valence-corrected chi connectivity index (χ4v) is 40.1. The van der Waals surface area contributed by atoms with Gasteiger partial charge in [-0.1, -0.05) is 91.0 Å². The number of nitrogens with zero attached hydrogens (tertiary/aromatic N) is 9. The molecule has 0 aliphatic rings. The predicted octanol–water partition coefficient (Wildman–Crippen LogP) is 21.3. The second-order valence-electron chi connectivity index (χ2n) is 36.1. The fourth-order valence-electron chi connectivity index (χ4n) is 15.0. The van der Waals surface area contributed by atoms with E-state index in [1.807, 2.05) is 182 Å². The first-order valence-corrected chi connectivity index (χ1v) is 56.6. The number of hydrogen-bond donors (Lipinski definition) is 1. The van der Waals surface area contributed by atoms with Crippen molar-refractivity contribution in [2.75, 3.05) is 0 Å². The molecule has 12 rings (SSSR count). The average molecular weight is 2020 g/mol. The predicted molar refractivity (Wildman–Crippen MR) is 525 cm³/mol. The van der Waals surface area contributed by atoms with Crippen molar-refractivity contribution in [1.29, 1.82) is 0 Å². The standard InChI is InChI=1S/C29H35N3O5S2.C26H33BrN2O5S.C25H27N3O5S2.3C4H9.C3H2NS.Sn/c1-17(2)36-20(19-12-10-9-11-13-19)16-31-25-21(18(3)22(39-25)23-30-14-15-38-23)24(33)32(27(31)35)29(7,8)26(34)37-28(4,5)6;1-15(2)33-18(17-12-10-9-11-13-17)14-28-22-19(16(3)20(27)35-22)21(30)29(24(28)32)26(7,8)23(31)34-25(4,5)6;1-14(2)33-17(16-9-7-6-8-10-16)13-27-22-18(15(3)19(35-22)20-26-11-12-34-20)21(29)28(24(27)32)25(4,5)23(30)31;3*1-3-4-2;1-2-5-3-4-1;/h9-15,17,20H,16H2,1-8H3;9-13,15,18H,14H2,1-8H3;6-12,14,17H,13H2,1-5H3,(H,30,31);3*1,3-4H2,2H3;1-2H;/t20-;18-;17-;;;;;/m000...../s1. The van der Waals surface area contributed by atoms with Crippen LogP contribution in [0.15, 0.2) is 158 Å². The van der Waals surface area contributed by atoms with E-state index in [1.165, 1.54) is 127 Å². The van der Waals surface area contributed by atoms with Crippen molar-refractivity contribution in [3.05, 3.63) is 225 Å². The number of thiazole rings is 3.